The summed E-state index contributed by atoms with van der Waals surface area (Å²) in [6, 6.07) is -0.310. The van der Waals surface area contributed by atoms with Crippen LogP contribution in [0.2, 0.25) is 0 Å². The van der Waals surface area contributed by atoms with Crippen molar-refractivity contribution in [2.24, 2.45) is 5.92 Å². The lowest BCUT2D eigenvalue weighted by Gasteiger charge is -2.40. The van der Waals surface area contributed by atoms with Crippen LogP contribution >= 0.6 is 0 Å². The van der Waals surface area contributed by atoms with Crippen LogP contribution in [-0.4, -0.2) is 30.2 Å². The van der Waals surface area contributed by atoms with Gasteiger partial charge in [0.05, 0.1) is 12.1 Å². The van der Waals surface area contributed by atoms with E-state index in [0.717, 1.165) is 5.57 Å². The number of aliphatic carboxylic acids is 1. The molecule has 0 bridgehead atoms. The monoisotopic (exact) mass is 285 g/mol. The molecule has 0 aliphatic carbocycles. The molecule has 3 atom stereocenters. The van der Waals surface area contributed by atoms with Crippen LogP contribution in [0.25, 0.3) is 0 Å². The Morgan fingerprint density at radius 2 is 2.26 bits per heavy atom. The van der Waals surface area contributed by atoms with Gasteiger partial charge in [-0.05, 0) is 31.8 Å². The normalized spacial score (nSPS) is 29.5. The third kappa shape index (κ3) is 3.54. The van der Waals surface area contributed by atoms with Gasteiger partial charge in [-0.2, -0.15) is 0 Å². The molecule has 1 rings (SSSR count). The van der Waals surface area contributed by atoms with Crippen LogP contribution in [0.3, 0.4) is 0 Å². The van der Waals surface area contributed by atoms with Gasteiger partial charge >= 0.3 is 5.97 Å². The van der Waals surface area contributed by atoms with Crippen LogP contribution in [0.5, 0.6) is 0 Å². The summed E-state index contributed by atoms with van der Waals surface area (Å²) in [6.45, 7) is 7.18. The summed E-state index contributed by atoms with van der Waals surface area (Å²) in [4.78, 5) is 10.9. The van der Waals surface area contributed by atoms with Gasteiger partial charge < -0.3 is 5.11 Å². The lowest BCUT2D eigenvalue weighted by Crippen LogP contribution is -2.44. The molecule has 1 unspecified atom stereocenters. The van der Waals surface area contributed by atoms with Crippen molar-refractivity contribution in [2.75, 3.05) is 0 Å². The quantitative estimate of drug-likeness (QED) is 0.777. The molecular formula is C13H19NO4S. The molecule has 106 valence electrons. The smallest absolute Gasteiger partial charge is 0.303 e. The van der Waals surface area contributed by atoms with E-state index in [4.69, 9.17) is 5.11 Å². The number of hydrogen-bond acceptors (Lipinski definition) is 2. The summed E-state index contributed by atoms with van der Waals surface area (Å²) >= 11 is -2.17. The number of allylic oxidation sites excluding steroid dienone is 4. The third-order valence-corrected chi connectivity index (χ3v) is 4.16. The van der Waals surface area contributed by atoms with Crippen molar-refractivity contribution in [3.05, 3.63) is 36.1 Å². The van der Waals surface area contributed by atoms with Crippen LogP contribution in [0.1, 0.15) is 26.7 Å². The maximum Gasteiger partial charge on any atom is 0.303 e. The maximum atomic E-state index is 11.5. The molecule has 0 aromatic heterocycles. The zero-order valence-corrected chi connectivity index (χ0v) is 11.9. The van der Waals surface area contributed by atoms with Gasteiger partial charge in [-0.1, -0.05) is 24.8 Å². The van der Waals surface area contributed by atoms with Crippen molar-refractivity contribution in [3.63, 3.8) is 0 Å². The second-order valence-electron chi connectivity index (χ2n) is 4.46. The summed E-state index contributed by atoms with van der Waals surface area (Å²) < 4.78 is 22.3. The lowest BCUT2D eigenvalue weighted by atomic mass is 9.84. The van der Waals surface area contributed by atoms with Crippen molar-refractivity contribution in [1.82, 2.24) is 4.31 Å². The van der Waals surface area contributed by atoms with Crippen molar-refractivity contribution >= 4 is 17.2 Å². The van der Waals surface area contributed by atoms with E-state index < -0.39 is 17.2 Å². The van der Waals surface area contributed by atoms with E-state index in [9.17, 15) is 13.6 Å². The SMILES string of the molecule is C=C/C=C1/C[C@@H](CC(=O)O)[C@@H](C)N(S(=O)O)/C1=C/C. The number of piperidine rings is 1. The summed E-state index contributed by atoms with van der Waals surface area (Å²) in [6.07, 6.45) is 5.66. The minimum atomic E-state index is -2.17. The van der Waals surface area contributed by atoms with Gasteiger partial charge in [0.1, 0.15) is 0 Å². The molecule has 5 nitrogen and oxygen atoms in total. The number of carboxylic acid groups (broad SMARTS) is 1. The van der Waals surface area contributed by atoms with Crippen LogP contribution in [0, 0.1) is 5.92 Å². The highest BCUT2D eigenvalue weighted by Gasteiger charge is 2.36. The molecule has 6 heteroatoms. The minimum absolute atomic E-state index is 0.0274. The Labute approximate surface area is 115 Å². The molecule has 1 aliphatic heterocycles. The molecule has 0 saturated carbocycles. The summed E-state index contributed by atoms with van der Waals surface area (Å²) in [7, 11) is 0. The predicted octanol–water partition coefficient (Wildman–Crippen LogP) is 2.32. The lowest BCUT2D eigenvalue weighted by molar-refractivity contribution is -0.138. The van der Waals surface area contributed by atoms with E-state index in [1.807, 2.05) is 0 Å². The van der Waals surface area contributed by atoms with E-state index >= 15 is 0 Å². The molecule has 0 radical (unpaired) electrons. The molecule has 1 saturated heterocycles. The fourth-order valence-electron chi connectivity index (χ4n) is 2.41. The van der Waals surface area contributed by atoms with Crippen LogP contribution in [-0.2, 0) is 16.1 Å². The van der Waals surface area contributed by atoms with E-state index in [2.05, 4.69) is 6.58 Å². The Bertz CT molecular complexity index is 456. The highest BCUT2D eigenvalue weighted by Crippen LogP contribution is 2.37. The summed E-state index contributed by atoms with van der Waals surface area (Å²) in [5, 5.41) is 8.94. The standard InChI is InChI=1S/C13H19NO4S/c1-4-6-10-7-11(8-13(15)16)9(3)14(19(17)18)12(10)5-2/h4-6,9,11H,1,7-8H2,2-3H3,(H,15,16)(H,17,18)/b10-6-,12-5+/t9-,11+/m1/s1. The molecule has 0 amide bonds. The van der Waals surface area contributed by atoms with E-state index in [1.165, 1.54) is 4.31 Å². The van der Waals surface area contributed by atoms with Crippen molar-refractivity contribution < 1.29 is 18.7 Å². The topological polar surface area (TPSA) is 77.8 Å². The minimum Gasteiger partial charge on any atom is -0.481 e. The molecule has 2 N–H and O–H groups in total. The first-order chi connectivity index (χ1) is 8.92. The zero-order chi connectivity index (χ0) is 14.6. The van der Waals surface area contributed by atoms with Gasteiger partial charge in [-0.3, -0.25) is 13.7 Å². The van der Waals surface area contributed by atoms with E-state index in [-0.39, 0.29) is 18.4 Å². The molecule has 0 aromatic carbocycles. The second kappa shape index (κ2) is 6.68. The zero-order valence-electron chi connectivity index (χ0n) is 11.1. The van der Waals surface area contributed by atoms with Gasteiger partial charge in [0.15, 0.2) is 0 Å². The highest BCUT2D eigenvalue weighted by molar-refractivity contribution is 7.76. The van der Waals surface area contributed by atoms with Crippen LogP contribution < -0.4 is 0 Å². The molecule has 0 aromatic rings. The van der Waals surface area contributed by atoms with Gasteiger partial charge in [-0.25, -0.2) is 4.21 Å². The fraction of sp³-hybridized carbons (Fsp3) is 0.462. The van der Waals surface area contributed by atoms with Crippen molar-refractivity contribution in [2.45, 2.75) is 32.7 Å². The van der Waals surface area contributed by atoms with Gasteiger partial charge in [0.2, 0.25) is 0 Å². The first kappa shape index (κ1) is 15.7. The number of carboxylic acids is 1. The van der Waals surface area contributed by atoms with Gasteiger partial charge in [0, 0.05) is 6.04 Å². The van der Waals surface area contributed by atoms with E-state index in [1.54, 1.807) is 32.1 Å². The number of carbonyl (C=O) groups is 1. The molecule has 19 heavy (non-hydrogen) atoms. The first-order valence-corrected chi connectivity index (χ1v) is 7.09. The van der Waals surface area contributed by atoms with Crippen LogP contribution in [0.4, 0.5) is 0 Å². The average molecular weight is 285 g/mol. The Morgan fingerprint density at radius 3 is 2.68 bits per heavy atom. The molecule has 0 spiro atoms. The van der Waals surface area contributed by atoms with E-state index in [0.29, 0.717) is 12.1 Å². The Morgan fingerprint density at radius 1 is 1.63 bits per heavy atom. The molecule has 1 aliphatic rings. The van der Waals surface area contributed by atoms with Crippen LogP contribution in [0.15, 0.2) is 36.1 Å². The van der Waals surface area contributed by atoms with Gasteiger partial charge in [0.25, 0.3) is 11.3 Å². The number of nitrogens with zero attached hydrogens (tertiary/aromatic N) is 1. The molecule has 1 heterocycles. The third-order valence-electron chi connectivity index (χ3n) is 3.30. The number of hydrogen-bond donors (Lipinski definition) is 2. The van der Waals surface area contributed by atoms with Crippen molar-refractivity contribution in [3.8, 4) is 0 Å². The maximum absolute atomic E-state index is 11.5. The Hall–Kier alpha value is -1.40. The predicted molar refractivity (Wildman–Crippen MR) is 74.5 cm³/mol. The first-order valence-electron chi connectivity index (χ1n) is 6.02. The second-order valence-corrected chi connectivity index (χ2v) is 5.32. The molecular weight excluding hydrogens is 266 g/mol. The Kier molecular flexibility index (Phi) is 5.50. The fourth-order valence-corrected chi connectivity index (χ4v) is 3.26. The Balaban J connectivity index is 3.18. The largest absolute Gasteiger partial charge is 0.481 e. The average Bonchev–Trinajstić information content (AvgIpc) is 2.31. The van der Waals surface area contributed by atoms with Gasteiger partial charge in [-0.15, -0.1) is 0 Å². The number of rotatable bonds is 4. The highest BCUT2D eigenvalue weighted by atomic mass is 32.2. The summed E-state index contributed by atoms with van der Waals surface area (Å²) in [5.74, 6) is -1.11. The van der Waals surface area contributed by atoms with Crippen molar-refractivity contribution in [1.29, 1.82) is 0 Å². The summed E-state index contributed by atoms with van der Waals surface area (Å²) in [5.41, 5.74) is 1.50. The molecule has 1 fully saturated rings.